The van der Waals surface area contributed by atoms with Gasteiger partial charge in [0.15, 0.2) is 5.82 Å². The zero-order valence-corrected chi connectivity index (χ0v) is 39.0. The average Bonchev–Trinajstić information content (AvgIpc) is 3.86. The molecule has 7 aromatic rings. The van der Waals surface area contributed by atoms with Crippen LogP contribution in [0.3, 0.4) is 0 Å². The van der Waals surface area contributed by atoms with Crippen molar-refractivity contribution in [3.8, 4) is 17.2 Å². The molecule has 3 fully saturated rings. The number of imidazole rings is 1. The highest BCUT2D eigenvalue weighted by Crippen LogP contribution is 2.79. The molecule has 5 atom stereocenters. The summed E-state index contributed by atoms with van der Waals surface area (Å²) in [6.07, 6.45) is 6.56. The van der Waals surface area contributed by atoms with Gasteiger partial charge in [-0.3, -0.25) is 23.4 Å². The van der Waals surface area contributed by atoms with Crippen molar-refractivity contribution in [3.63, 3.8) is 0 Å². The molecule has 15 nitrogen and oxygen atoms in total. The van der Waals surface area contributed by atoms with E-state index in [1.165, 1.54) is 10.1 Å². The molecule has 0 spiro atoms. The minimum absolute atomic E-state index is 0.0916. The first-order chi connectivity index (χ1) is 31.6. The van der Waals surface area contributed by atoms with E-state index in [1.807, 2.05) is 24.0 Å². The average molecular weight is 914 g/mol. The first-order valence-corrected chi connectivity index (χ1v) is 25.3. The van der Waals surface area contributed by atoms with Crippen molar-refractivity contribution in [2.45, 2.75) is 77.3 Å². The minimum atomic E-state index is -2.64. The molecule has 2 unspecified atom stereocenters. The van der Waals surface area contributed by atoms with Gasteiger partial charge in [0.1, 0.15) is 24.5 Å². The number of nitrogens with zero attached hydrogens (tertiary/aromatic N) is 7. The highest BCUT2D eigenvalue weighted by molar-refractivity contribution is 7.70. The summed E-state index contributed by atoms with van der Waals surface area (Å²) < 4.78 is 46.0. The summed E-state index contributed by atoms with van der Waals surface area (Å²) >= 11 is 0. The topological polar surface area (TPSA) is 167 Å². The number of ether oxygens (including phenoxy) is 1. The number of rotatable bonds is 9. The van der Waals surface area contributed by atoms with Crippen LogP contribution in [0.2, 0.25) is 0 Å². The van der Waals surface area contributed by atoms with E-state index >= 15 is 9.18 Å². The molecular weight excluding hydrogens is 861 g/mol. The molecule has 4 aliphatic rings. The van der Waals surface area contributed by atoms with Crippen LogP contribution in [0.1, 0.15) is 101 Å². The van der Waals surface area contributed by atoms with Crippen LogP contribution in [-0.4, -0.2) is 84.6 Å². The summed E-state index contributed by atoms with van der Waals surface area (Å²) in [7, 11) is -0.877. The fourth-order valence-corrected chi connectivity index (χ4v) is 12.8. The molecule has 0 bridgehead atoms. The quantitative estimate of drug-likeness (QED) is 0.139. The van der Waals surface area contributed by atoms with Crippen LogP contribution in [-0.2, 0) is 15.7 Å². The van der Waals surface area contributed by atoms with Gasteiger partial charge in [-0.05, 0) is 136 Å². The number of aromatic nitrogens is 7. The van der Waals surface area contributed by atoms with Crippen LogP contribution in [0.15, 0.2) is 81.1 Å². The number of anilines is 1. The number of amides is 1. The fourth-order valence-electron chi connectivity index (χ4n) is 11.6. The van der Waals surface area contributed by atoms with E-state index in [0.717, 1.165) is 35.9 Å². The van der Waals surface area contributed by atoms with Crippen molar-refractivity contribution in [2.24, 2.45) is 11.3 Å². The van der Waals surface area contributed by atoms with E-state index in [-0.39, 0.29) is 40.7 Å². The summed E-state index contributed by atoms with van der Waals surface area (Å²) in [6.45, 7) is 12.8. The third-order valence-electron chi connectivity index (χ3n) is 15.1. The van der Waals surface area contributed by atoms with Crippen LogP contribution in [0.25, 0.3) is 28.1 Å². The van der Waals surface area contributed by atoms with Crippen LogP contribution < -0.4 is 22.1 Å². The summed E-state index contributed by atoms with van der Waals surface area (Å²) in [5, 5.41) is 14.1. The Morgan fingerprint density at radius 1 is 0.985 bits per heavy atom. The highest BCUT2D eigenvalue weighted by Gasteiger charge is 2.73. The molecule has 3 aromatic carbocycles. The zero-order valence-electron chi connectivity index (χ0n) is 38.1. The Kier molecular flexibility index (Phi) is 9.73. The van der Waals surface area contributed by atoms with Gasteiger partial charge in [0, 0.05) is 85.0 Å². The number of H-pyrrole nitrogens is 1. The van der Waals surface area contributed by atoms with Gasteiger partial charge in [-0.2, -0.15) is 5.10 Å². The maximum absolute atomic E-state index is 15.6. The Balaban J connectivity index is 1.04. The van der Waals surface area contributed by atoms with E-state index in [2.05, 4.69) is 45.1 Å². The Morgan fingerprint density at radius 3 is 2.42 bits per heavy atom. The molecule has 2 aliphatic carbocycles. The van der Waals surface area contributed by atoms with Gasteiger partial charge >= 0.3 is 11.4 Å². The van der Waals surface area contributed by atoms with Crippen LogP contribution in [0, 0.1) is 31.0 Å². The van der Waals surface area contributed by atoms with Crippen molar-refractivity contribution in [1.82, 2.24) is 38.5 Å². The fraction of sp³-hybridized carbons (Fsp3) is 0.408. The number of hydrogen-bond donors (Lipinski definition) is 2. The SMILES string of the molecule is CNc1cc(-n2ccn(-c3c4c(nn3-c3cc(C)c(F)c(C)c3)CCN(C(=O)c3cc5cc(C6CCOCC6)ccc5n3C3C(c5noc(=O)[nH]5)[C@]5(C)C[C@@H]35)[C@H]4C)c2=O)ccc1P(C)(C)=O. The lowest BCUT2D eigenvalue weighted by molar-refractivity contribution is 0.0647. The van der Waals surface area contributed by atoms with E-state index in [0.29, 0.717) is 88.5 Å². The van der Waals surface area contributed by atoms with Crippen molar-refractivity contribution in [3.05, 3.63) is 133 Å². The summed E-state index contributed by atoms with van der Waals surface area (Å²) in [5.74, 6) is 0.301. The van der Waals surface area contributed by atoms with Crippen molar-refractivity contribution in [2.75, 3.05) is 45.5 Å². The Bertz CT molecular complexity index is 3280. The molecule has 1 amide bonds. The van der Waals surface area contributed by atoms with Gasteiger partial charge in [0.2, 0.25) is 0 Å². The second-order valence-corrected chi connectivity index (χ2v) is 22.6. The highest BCUT2D eigenvalue weighted by atomic mass is 31.2. The number of nitrogens with one attached hydrogen (secondary N) is 2. The number of carbonyl (C=O) groups is 1. The van der Waals surface area contributed by atoms with Crippen molar-refractivity contribution >= 4 is 34.9 Å². The standard InChI is InChI=1S/C49H53FN9O6P/c1-26-20-33(21-27(2)42(26)50)59-45(57-17-16-56(48(57)62)32-9-11-39(66(6,7)63)36(24-32)51-5)40-28(3)55(15-12-35(40)53-59)46(60)38-23-31-22-30(29-13-18-64-19-14-29)8-10-37(31)58(38)43-34-25-49(34,4)41(43)44-52-47(61)65-54-44/h8-11,16-17,20-24,28-29,34,41,43,51H,12-15,18-19,25H2,1-7H3,(H,52,54,61)/t28-,34-,41?,43?,49+/m0/s1. The van der Waals surface area contributed by atoms with Gasteiger partial charge in [0.25, 0.3) is 5.91 Å². The third-order valence-corrected chi connectivity index (χ3v) is 16.7. The maximum atomic E-state index is 15.6. The predicted molar refractivity (Wildman–Crippen MR) is 250 cm³/mol. The first kappa shape index (κ1) is 42.4. The Morgan fingerprint density at radius 2 is 1.73 bits per heavy atom. The van der Waals surface area contributed by atoms with Crippen LogP contribution in [0.4, 0.5) is 10.1 Å². The number of fused-ring (bicyclic) bond motifs is 3. The first-order valence-electron chi connectivity index (χ1n) is 22.7. The summed E-state index contributed by atoms with van der Waals surface area (Å²) in [4.78, 5) is 47.4. The molecule has 66 heavy (non-hydrogen) atoms. The number of hydrogen-bond acceptors (Lipinski definition) is 9. The molecule has 0 radical (unpaired) electrons. The summed E-state index contributed by atoms with van der Waals surface area (Å²) in [6, 6.07) is 16.7. The zero-order chi connectivity index (χ0) is 46.1. The molecule has 17 heteroatoms. The van der Waals surface area contributed by atoms with Crippen molar-refractivity contribution in [1.29, 1.82) is 0 Å². The third kappa shape index (κ3) is 6.45. The second-order valence-electron chi connectivity index (χ2n) is 19.4. The molecule has 6 heterocycles. The second kappa shape index (κ2) is 15.1. The number of aromatic amines is 1. The minimum Gasteiger partial charge on any atom is -0.387 e. The molecule has 2 saturated carbocycles. The van der Waals surface area contributed by atoms with E-state index in [9.17, 15) is 14.2 Å². The van der Waals surface area contributed by atoms with Gasteiger partial charge < -0.3 is 24.1 Å². The Labute approximate surface area is 379 Å². The molecule has 4 aromatic heterocycles. The lowest BCUT2D eigenvalue weighted by atomic mass is 9.69. The normalized spacial score (nSPS) is 22.9. The van der Waals surface area contributed by atoms with Crippen molar-refractivity contribution < 1.29 is 23.0 Å². The van der Waals surface area contributed by atoms with Crippen LogP contribution in [0.5, 0.6) is 0 Å². The molecular formula is C49H53FN9O6P. The van der Waals surface area contributed by atoms with Crippen LogP contribution >= 0.6 is 7.14 Å². The predicted octanol–water partition coefficient (Wildman–Crippen LogP) is 7.51. The monoisotopic (exact) mass is 913 g/mol. The number of carbonyl (C=O) groups excluding carboxylic acids is 1. The lowest BCUT2D eigenvalue weighted by Crippen LogP contribution is -2.43. The number of halogens is 1. The molecule has 11 rings (SSSR count). The van der Waals surface area contributed by atoms with Gasteiger partial charge in [-0.15, -0.1) is 0 Å². The van der Waals surface area contributed by atoms with E-state index < -0.39 is 18.9 Å². The van der Waals surface area contributed by atoms with Gasteiger partial charge in [-0.1, -0.05) is 18.1 Å². The molecule has 2 aliphatic heterocycles. The molecule has 2 N–H and O–H groups in total. The van der Waals surface area contributed by atoms with Gasteiger partial charge in [0.05, 0.1) is 23.1 Å². The smallest absolute Gasteiger partial charge is 0.387 e. The number of benzene rings is 3. The van der Waals surface area contributed by atoms with Gasteiger partial charge in [-0.25, -0.2) is 18.7 Å². The number of aryl methyl sites for hydroxylation is 2. The van der Waals surface area contributed by atoms with E-state index in [1.54, 1.807) is 80.1 Å². The summed E-state index contributed by atoms with van der Waals surface area (Å²) in [5.41, 5.74) is 6.34. The van der Waals surface area contributed by atoms with E-state index in [4.69, 9.17) is 14.4 Å². The maximum Gasteiger partial charge on any atom is 0.438 e. The molecule has 342 valence electrons. The lowest BCUT2D eigenvalue weighted by Gasteiger charge is -2.43. The Hall–Kier alpha value is -6.25. The molecule has 1 saturated heterocycles. The largest absolute Gasteiger partial charge is 0.438 e.